The van der Waals surface area contributed by atoms with Gasteiger partial charge in [0.2, 0.25) is 0 Å². The topological polar surface area (TPSA) is 69.0 Å². The predicted octanol–water partition coefficient (Wildman–Crippen LogP) is 5.47. The van der Waals surface area contributed by atoms with Gasteiger partial charge in [-0.05, 0) is 36.4 Å². The molecule has 0 bridgehead atoms. The number of hydrogen-bond acceptors (Lipinski definition) is 5. The number of nitrogens with one attached hydrogen (secondary N) is 1. The Hall–Kier alpha value is -2.87. The molecule has 0 atom stereocenters. The zero-order valence-electron chi connectivity index (χ0n) is 14.9. The Balaban J connectivity index is 1.48. The third-order valence-corrected chi connectivity index (χ3v) is 5.36. The molecule has 9 heteroatoms. The average molecular weight is 445 g/mol. The van der Waals surface area contributed by atoms with Gasteiger partial charge < -0.3 is 10.1 Å². The van der Waals surface area contributed by atoms with E-state index in [1.807, 2.05) is 17.5 Å². The van der Waals surface area contributed by atoms with Crippen LogP contribution in [0.1, 0.15) is 16.2 Å². The Labute approximate surface area is 180 Å². The summed E-state index contributed by atoms with van der Waals surface area (Å²) >= 11 is 13.5. The number of hydrogen-bond donors (Lipinski definition) is 1. The van der Waals surface area contributed by atoms with Crippen molar-refractivity contribution in [2.24, 2.45) is 0 Å². The Morgan fingerprint density at radius 2 is 2.00 bits per heavy atom. The first-order chi connectivity index (χ1) is 14.1. The maximum Gasteiger partial charge on any atom is 0.276 e. The largest absolute Gasteiger partial charge is 0.485 e. The molecule has 0 unspecified atom stereocenters. The number of thiazole rings is 1. The first-order valence-electron chi connectivity index (χ1n) is 8.51. The minimum absolute atomic E-state index is 0.255. The summed E-state index contributed by atoms with van der Waals surface area (Å²) in [5.41, 5.74) is 4.08. The Morgan fingerprint density at radius 1 is 1.14 bits per heavy atom. The van der Waals surface area contributed by atoms with Crippen molar-refractivity contribution in [3.8, 4) is 11.4 Å². The summed E-state index contributed by atoms with van der Waals surface area (Å²) in [6.45, 7) is 0.322. The summed E-state index contributed by atoms with van der Waals surface area (Å²) in [6, 6.07) is 14.0. The summed E-state index contributed by atoms with van der Waals surface area (Å²) in [6.07, 6.45) is 1.68. The van der Waals surface area contributed by atoms with Gasteiger partial charge in [0, 0.05) is 11.6 Å². The molecule has 2 aromatic heterocycles. The number of para-hydroxylation sites is 2. The lowest BCUT2D eigenvalue weighted by atomic mass is 10.2. The zero-order chi connectivity index (χ0) is 20.2. The molecule has 0 radical (unpaired) electrons. The Bertz CT molecular complexity index is 1150. The molecular formula is C20H14Cl2N4O2S. The molecule has 4 aromatic rings. The lowest BCUT2D eigenvalue weighted by Crippen LogP contribution is -2.14. The second-order valence-electron chi connectivity index (χ2n) is 5.96. The van der Waals surface area contributed by atoms with Crippen molar-refractivity contribution in [1.29, 1.82) is 0 Å². The maximum absolute atomic E-state index is 12.7. The van der Waals surface area contributed by atoms with Gasteiger partial charge in [0.05, 0.1) is 32.6 Å². The van der Waals surface area contributed by atoms with E-state index < -0.39 is 0 Å². The van der Waals surface area contributed by atoms with Gasteiger partial charge >= 0.3 is 0 Å². The van der Waals surface area contributed by atoms with E-state index in [0.29, 0.717) is 33.8 Å². The standard InChI is InChI=1S/C20H14Cl2N4O2S/c21-15-6-5-14(9-16(15)22)26-8-7-18(25-26)20(27)24-17-3-1-2-4-19(17)28-10-13-11-29-12-23-13/h1-9,11-12H,10H2,(H,24,27). The van der Waals surface area contributed by atoms with E-state index in [1.54, 1.807) is 52.8 Å². The fourth-order valence-electron chi connectivity index (χ4n) is 2.56. The first kappa shape index (κ1) is 19.4. The van der Waals surface area contributed by atoms with E-state index in [1.165, 1.54) is 11.3 Å². The van der Waals surface area contributed by atoms with E-state index in [0.717, 1.165) is 5.69 Å². The van der Waals surface area contributed by atoms with Gasteiger partial charge in [0.1, 0.15) is 12.4 Å². The minimum atomic E-state index is -0.353. The quantitative estimate of drug-likeness (QED) is 0.428. The van der Waals surface area contributed by atoms with Crippen molar-refractivity contribution in [2.45, 2.75) is 6.61 Å². The fraction of sp³-hybridized carbons (Fsp3) is 0.0500. The third-order valence-electron chi connectivity index (χ3n) is 3.98. The minimum Gasteiger partial charge on any atom is -0.485 e. The van der Waals surface area contributed by atoms with E-state index >= 15 is 0 Å². The molecule has 0 saturated carbocycles. The van der Waals surface area contributed by atoms with E-state index in [4.69, 9.17) is 27.9 Å². The summed E-state index contributed by atoms with van der Waals surface area (Å²) in [7, 11) is 0. The molecule has 0 fully saturated rings. The first-order valence-corrected chi connectivity index (χ1v) is 10.2. The van der Waals surface area contributed by atoms with Gasteiger partial charge in [0.15, 0.2) is 5.69 Å². The molecule has 0 aliphatic carbocycles. The molecule has 0 saturated heterocycles. The fourth-order valence-corrected chi connectivity index (χ4v) is 3.39. The number of carbonyl (C=O) groups is 1. The van der Waals surface area contributed by atoms with Crippen LogP contribution in [0.2, 0.25) is 10.0 Å². The zero-order valence-corrected chi connectivity index (χ0v) is 17.2. The van der Waals surface area contributed by atoms with Gasteiger partial charge in [0.25, 0.3) is 5.91 Å². The molecule has 4 rings (SSSR count). The SMILES string of the molecule is O=C(Nc1ccccc1OCc1cscn1)c1ccn(-c2ccc(Cl)c(Cl)c2)n1. The number of rotatable bonds is 6. The van der Waals surface area contributed by atoms with Crippen LogP contribution in [0.25, 0.3) is 5.69 Å². The van der Waals surface area contributed by atoms with Crippen LogP contribution in [-0.4, -0.2) is 20.7 Å². The van der Waals surface area contributed by atoms with Gasteiger partial charge in [-0.25, -0.2) is 9.67 Å². The Morgan fingerprint density at radius 3 is 2.79 bits per heavy atom. The van der Waals surface area contributed by atoms with E-state index in [9.17, 15) is 4.79 Å². The molecule has 1 N–H and O–H groups in total. The number of aromatic nitrogens is 3. The number of halogens is 2. The van der Waals surface area contributed by atoms with Crippen LogP contribution >= 0.6 is 34.5 Å². The van der Waals surface area contributed by atoms with Crippen LogP contribution in [0.3, 0.4) is 0 Å². The highest BCUT2D eigenvalue weighted by Gasteiger charge is 2.14. The molecule has 0 aliphatic rings. The van der Waals surface area contributed by atoms with Crippen molar-refractivity contribution in [3.05, 3.63) is 87.1 Å². The number of nitrogens with zero attached hydrogens (tertiary/aromatic N) is 3. The Kier molecular flexibility index (Phi) is 5.80. The monoisotopic (exact) mass is 444 g/mol. The van der Waals surface area contributed by atoms with Crippen molar-refractivity contribution in [3.63, 3.8) is 0 Å². The van der Waals surface area contributed by atoms with Crippen LogP contribution in [0, 0.1) is 0 Å². The van der Waals surface area contributed by atoms with Crippen LogP contribution < -0.4 is 10.1 Å². The maximum atomic E-state index is 12.7. The number of benzene rings is 2. The molecule has 0 aliphatic heterocycles. The predicted molar refractivity (Wildman–Crippen MR) is 114 cm³/mol. The lowest BCUT2D eigenvalue weighted by Gasteiger charge is -2.11. The number of amides is 1. The molecule has 146 valence electrons. The van der Waals surface area contributed by atoms with Crippen molar-refractivity contribution in [2.75, 3.05) is 5.32 Å². The second-order valence-corrected chi connectivity index (χ2v) is 7.50. The highest BCUT2D eigenvalue weighted by molar-refractivity contribution is 7.07. The molecular weight excluding hydrogens is 431 g/mol. The summed E-state index contributed by atoms with van der Waals surface area (Å²) in [5.74, 6) is 0.200. The van der Waals surface area contributed by atoms with Crippen molar-refractivity contribution < 1.29 is 9.53 Å². The van der Waals surface area contributed by atoms with Gasteiger partial charge in [-0.1, -0.05) is 35.3 Å². The van der Waals surface area contributed by atoms with Crippen LogP contribution in [0.15, 0.2) is 65.6 Å². The summed E-state index contributed by atoms with van der Waals surface area (Å²) in [5, 5.41) is 9.94. The highest BCUT2D eigenvalue weighted by atomic mass is 35.5. The molecule has 1 amide bonds. The van der Waals surface area contributed by atoms with Crippen LogP contribution in [0.5, 0.6) is 5.75 Å². The molecule has 0 spiro atoms. The second kappa shape index (κ2) is 8.65. The van der Waals surface area contributed by atoms with Gasteiger partial charge in [-0.2, -0.15) is 5.10 Å². The highest BCUT2D eigenvalue weighted by Crippen LogP contribution is 2.26. The van der Waals surface area contributed by atoms with E-state index in [-0.39, 0.29) is 11.6 Å². The molecule has 2 aromatic carbocycles. The number of anilines is 1. The van der Waals surface area contributed by atoms with Crippen LogP contribution in [-0.2, 0) is 6.61 Å². The number of ether oxygens (including phenoxy) is 1. The number of carbonyl (C=O) groups excluding carboxylic acids is 1. The summed E-state index contributed by atoms with van der Waals surface area (Å²) in [4.78, 5) is 16.9. The lowest BCUT2D eigenvalue weighted by molar-refractivity contribution is 0.102. The van der Waals surface area contributed by atoms with Crippen molar-refractivity contribution in [1.82, 2.24) is 14.8 Å². The van der Waals surface area contributed by atoms with Gasteiger partial charge in [-0.15, -0.1) is 11.3 Å². The molecule has 2 heterocycles. The van der Waals surface area contributed by atoms with Crippen LogP contribution in [0.4, 0.5) is 5.69 Å². The average Bonchev–Trinajstić information content (AvgIpc) is 3.41. The normalized spacial score (nSPS) is 10.7. The third kappa shape index (κ3) is 4.59. The van der Waals surface area contributed by atoms with Gasteiger partial charge in [-0.3, -0.25) is 4.79 Å². The molecule has 6 nitrogen and oxygen atoms in total. The molecule has 29 heavy (non-hydrogen) atoms. The summed E-state index contributed by atoms with van der Waals surface area (Å²) < 4.78 is 7.35. The van der Waals surface area contributed by atoms with E-state index in [2.05, 4.69) is 15.4 Å². The smallest absolute Gasteiger partial charge is 0.276 e. The van der Waals surface area contributed by atoms with Crippen molar-refractivity contribution >= 4 is 46.1 Å².